The number of anilines is 1. The van der Waals surface area contributed by atoms with E-state index in [-0.39, 0.29) is 0 Å². The van der Waals surface area contributed by atoms with Crippen LogP contribution in [0.5, 0.6) is 11.5 Å². The molecule has 2 rings (SSSR count). The van der Waals surface area contributed by atoms with Gasteiger partial charge in [-0.1, -0.05) is 26.0 Å². The van der Waals surface area contributed by atoms with E-state index >= 15 is 0 Å². The lowest BCUT2D eigenvalue weighted by molar-refractivity contribution is 0.215. The van der Waals surface area contributed by atoms with Crippen molar-refractivity contribution in [1.29, 1.82) is 0 Å². The minimum absolute atomic E-state index is 0.443. The Morgan fingerprint density at radius 2 is 1.62 bits per heavy atom. The summed E-state index contributed by atoms with van der Waals surface area (Å²) in [6.45, 7) is 7.44. The molecule has 2 aromatic rings. The highest BCUT2D eigenvalue weighted by atomic mass is 16.5. The number of nitrogen functional groups attached to an aromatic ring is 1. The van der Waals surface area contributed by atoms with Gasteiger partial charge in [-0.3, -0.25) is 0 Å². The fourth-order valence-corrected chi connectivity index (χ4v) is 2.12. The number of nitrogens with two attached hydrogens (primary N) is 1. The van der Waals surface area contributed by atoms with Gasteiger partial charge in [0.1, 0.15) is 24.7 Å². The third kappa shape index (κ3) is 4.42. The maximum absolute atomic E-state index is 5.88. The Balaban J connectivity index is 1.88. The van der Waals surface area contributed by atoms with Crippen LogP contribution in [0.2, 0.25) is 0 Å². The Morgan fingerprint density at radius 3 is 2.29 bits per heavy atom. The zero-order chi connectivity index (χ0) is 15.2. The number of hydrogen-bond donors (Lipinski definition) is 1. The van der Waals surface area contributed by atoms with Crippen molar-refractivity contribution in [2.45, 2.75) is 26.7 Å². The highest BCUT2D eigenvalue weighted by Gasteiger charge is 2.08. The van der Waals surface area contributed by atoms with Crippen LogP contribution in [-0.2, 0) is 0 Å². The first-order chi connectivity index (χ1) is 10.1. The molecule has 112 valence electrons. The predicted molar refractivity (Wildman–Crippen MR) is 87.1 cm³/mol. The molecule has 21 heavy (non-hydrogen) atoms. The standard InChI is InChI=1S/C18H23NO2/c1-13(2)17-9-4-14(3)12-18(17)21-11-10-20-16-7-5-15(19)6-8-16/h4-9,12-13H,10-11,19H2,1-3H3. The summed E-state index contributed by atoms with van der Waals surface area (Å²) in [6.07, 6.45) is 0. The number of aryl methyl sites for hydroxylation is 1. The number of rotatable bonds is 6. The van der Waals surface area contributed by atoms with E-state index in [4.69, 9.17) is 15.2 Å². The smallest absolute Gasteiger partial charge is 0.123 e. The summed E-state index contributed by atoms with van der Waals surface area (Å²) in [6, 6.07) is 13.7. The molecule has 3 heteroatoms. The van der Waals surface area contributed by atoms with Crippen molar-refractivity contribution in [2.24, 2.45) is 0 Å². The van der Waals surface area contributed by atoms with Crippen LogP contribution in [0.15, 0.2) is 42.5 Å². The summed E-state index contributed by atoms with van der Waals surface area (Å²) in [5.74, 6) is 2.20. The van der Waals surface area contributed by atoms with Crippen molar-refractivity contribution < 1.29 is 9.47 Å². The van der Waals surface area contributed by atoms with E-state index in [0.29, 0.717) is 19.1 Å². The van der Waals surface area contributed by atoms with Crippen LogP contribution >= 0.6 is 0 Å². The van der Waals surface area contributed by atoms with Crippen molar-refractivity contribution >= 4 is 5.69 Å². The lowest BCUT2D eigenvalue weighted by atomic mass is 10.0. The summed E-state index contributed by atoms with van der Waals surface area (Å²) >= 11 is 0. The normalized spacial score (nSPS) is 10.7. The summed E-state index contributed by atoms with van der Waals surface area (Å²) in [5, 5.41) is 0. The molecule has 0 unspecified atom stereocenters. The second-order valence-corrected chi connectivity index (χ2v) is 5.46. The second kappa shape index (κ2) is 7.02. The van der Waals surface area contributed by atoms with E-state index in [9.17, 15) is 0 Å². The number of ether oxygens (including phenoxy) is 2. The van der Waals surface area contributed by atoms with E-state index in [1.807, 2.05) is 24.3 Å². The number of hydrogen-bond acceptors (Lipinski definition) is 3. The molecule has 0 atom stereocenters. The highest BCUT2D eigenvalue weighted by molar-refractivity contribution is 5.41. The fraction of sp³-hybridized carbons (Fsp3) is 0.333. The summed E-state index contributed by atoms with van der Waals surface area (Å²) in [7, 11) is 0. The molecule has 0 aliphatic heterocycles. The van der Waals surface area contributed by atoms with Crippen molar-refractivity contribution in [1.82, 2.24) is 0 Å². The lowest BCUT2D eigenvalue weighted by Gasteiger charge is -2.15. The Kier molecular flexibility index (Phi) is 5.09. The topological polar surface area (TPSA) is 44.5 Å². The van der Waals surface area contributed by atoms with E-state index in [1.165, 1.54) is 11.1 Å². The van der Waals surface area contributed by atoms with Crippen molar-refractivity contribution in [2.75, 3.05) is 18.9 Å². The van der Waals surface area contributed by atoms with E-state index in [2.05, 4.69) is 39.0 Å². The van der Waals surface area contributed by atoms with Gasteiger partial charge in [-0.15, -0.1) is 0 Å². The maximum atomic E-state index is 5.88. The van der Waals surface area contributed by atoms with E-state index in [1.54, 1.807) is 0 Å². The highest BCUT2D eigenvalue weighted by Crippen LogP contribution is 2.27. The van der Waals surface area contributed by atoms with Gasteiger partial charge < -0.3 is 15.2 Å². The van der Waals surface area contributed by atoms with E-state index < -0.39 is 0 Å². The Hall–Kier alpha value is -2.16. The van der Waals surface area contributed by atoms with Crippen molar-refractivity contribution in [3.8, 4) is 11.5 Å². The van der Waals surface area contributed by atoms with E-state index in [0.717, 1.165) is 17.2 Å². The Bertz CT molecular complexity index is 576. The quantitative estimate of drug-likeness (QED) is 0.640. The third-order valence-electron chi connectivity index (χ3n) is 3.28. The lowest BCUT2D eigenvalue weighted by Crippen LogP contribution is -2.10. The summed E-state index contributed by atoms with van der Waals surface area (Å²) in [4.78, 5) is 0. The molecule has 0 saturated heterocycles. The van der Waals surface area contributed by atoms with Crippen LogP contribution in [0.4, 0.5) is 5.69 Å². The van der Waals surface area contributed by atoms with Crippen LogP contribution in [0, 0.1) is 6.92 Å². The first-order valence-electron chi connectivity index (χ1n) is 7.28. The molecular formula is C18H23NO2. The molecular weight excluding hydrogens is 262 g/mol. The zero-order valence-electron chi connectivity index (χ0n) is 12.9. The minimum Gasteiger partial charge on any atom is -0.490 e. The van der Waals surface area contributed by atoms with Gasteiger partial charge in [0.25, 0.3) is 0 Å². The third-order valence-corrected chi connectivity index (χ3v) is 3.28. The minimum atomic E-state index is 0.443. The molecule has 2 N–H and O–H groups in total. The fourth-order valence-electron chi connectivity index (χ4n) is 2.12. The van der Waals surface area contributed by atoms with Gasteiger partial charge in [0, 0.05) is 5.69 Å². The second-order valence-electron chi connectivity index (χ2n) is 5.46. The molecule has 0 heterocycles. The van der Waals surface area contributed by atoms with Gasteiger partial charge in [0.05, 0.1) is 0 Å². The van der Waals surface area contributed by atoms with Gasteiger partial charge in [0.15, 0.2) is 0 Å². The molecule has 0 fully saturated rings. The molecule has 0 aromatic heterocycles. The van der Waals surface area contributed by atoms with Gasteiger partial charge in [-0.2, -0.15) is 0 Å². The van der Waals surface area contributed by atoms with Crippen LogP contribution in [0.1, 0.15) is 30.9 Å². The van der Waals surface area contributed by atoms with Crippen LogP contribution in [-0.4, -0.2) is 13.2 Å². The maximum Gasteiger partial charge on any atom is 0.123 e. The largest absolute Gasteiger partial charge is 0.490 e. The Morgan fingerprint density at radius 1 is 0.952 bits per heavy atom. The van der Waals surface area contributed by atoms with Crippen molar-refractivity contribution in [3.05, 3.63) is 53.6 Å². The molecule has 3 nitrogen and oxygen atoms in total. The van der Waals surface area contributed by atoms with Crippen LogP contribution in [0.3, 0.4) is 0 Å². The number of benzene rings is 2. The molecule has 0 bridgehead atoms. The first-order valence-corrected chi connectivity index (χ1v) is 7.28. The van der Waals surface area contributed by atoms with Gasteiger partial charge in [-0.05, 0) is 54.3 Å². The van der Waals surface area contributed by atoms with Crippen molar-refractivity contribution in [3.63, 3.8) is 0 Å². The molecule has 0 saturated carbocycles. The summed E-state index contributed by atoms with van der Waals surface area (Å²) < 4.78 is 11.5. The average molecular weight is 285 g/mol. The molecule has 0 radical (unpaired) electrons. The zero-order valence-corrected chi connectivity index (χ0v) is 12.9. The average Bonchev–Trinajstić information content (AvgIpc) is 2.45. The van der Waals surface area contributed by atoms with Gasteiger partial charge in [-0.25, -0.2) is 0 Å². The van der Waals surface area contributed by atoms with Gasteiger partial charge in [0.2, 0.25) is 0 Å². The first kappa shape index (κ1) is 15.2. The van der Waals surface area contributed by atoms with Gasteiger partial charge >= 0.3 is 0 Å². The SMILES string of the molecule is Cc1ccc(C(C)C)c(OCCOc2ccc(N)cc2)c1. The molecule has 0 spiro atoms. The molecule has 0 amide bonds. The molecule has 0 aliphatic rings. The molecule has 2 aromatic carbocycles. The molecule has 0 aliphatic carbocycles. The Labute approximate surface area is 126 Å². The monoisotopic (exact) mass is 285 g/mol. The summed E-state index contributed by atoms with van der Waals surface area (Å²) in [5.41, 5.74) is 8.80. The van der Waals surface area contributed by atoms with Crippen LogP contribution in [0.25, 0.3) is 0 Å². The van der Waals surface area contributed by atoms with Crippen LogP contribution < -0.4 is 15.2 Å². The predicted octanol–water partition coefficient (Wildman–Crippen LogP) is 4.16.